The average Bonchev–Trinajstić information content (AvgIpc) is 2.24. The molecule has 0 aliphatic rings. The Hall–Kier alpha value is -1.56. The number of halogens is 1. The summed E-state index contributed by atoms with van der Waals surface area (Å²) in [5, 5.41) is 12.0. The van der Waals surface area contributed by atoms with Gasteiger partial charge in [-0.1, -0.05) is 6.07 Å². The lowest BCUT2D eigenvalue weighted by Crippen LogP contribution is -2.15. The second-order valence-electron chi connectivity index (χ2n) is 4.58. The number of rotatable bonds is 4. The number of nitrogens with one attached hydrogen (secondary N) is 1. The Balaban J connectivity index is 2.57. The third kappa shape index (κ3) is 3.23. The lowest BCUT2D eigenvalue weighted by atomic mass is 9.91. The maximum Gasteiger partial charge on any atom is 0.128 e. The standard InChI is InChI=1S/C13H17FN2/c1-10-11(14)5-4-6-12(10)16-8-7-13(2,3)9-15/h4-6,16H,7-8H2,1-3H3. The highest BCUT2D eigenvalue weighted by atomic mass is 19.1. The zero-order chi connectivity index (χ0) is 12.2. The molecule has 3 heteroatoms. The fourth-order valence-electron chi connectivity index (χ4n) is 1.36. The minimum Gasteiger partial charge on any atom is -0.385 e. The van der Waals surface area contributed by atoms with E-state index in [1.807, 2.05) is 19.9 Å². The Morgan fingerprint density at radius 1 is 1.44 bits per heavy atom. The van der Waals surface area contributed by atoms with Gasteiger partial charge in [0.2, 0.25) is 0 Å². The highest BCUT2D eigenvalue weighted by molar-refractivity contribution is 5.50. The summed E-state index contributed by atoms with van der Waals surface area (Å²) in [7, 11) is 0. The Labute approximate surface area is 96.1 Å². The largest absolute Gasteiger partial charge is 0.385 e. The van der Waals surface area contributed by atoms with Crippen molar-refractivity contribution in [2.75, 3.05) is 11.9 Å². The molecule has 2 nitrogen and oxygen atoms in total. The quantitative estimate of drug-likeness (QED) is 0.843. The molecule has 0 spiro atoms. The van der Waals surface area contributed by atoms with Gasteiger partial charge in [0.1, 0.15) is 5.82 Å². The van der Waals surface area contributed by atoms with Crippen LogP contribution in [0, 0.1) is 29.5 Å². The van der Waals surface area contributed by atoms with Crippen LogP contribution < -0.4 is 5.32 Å². The van der Waals surface area contributed by atoms with Gasteiger partial charge in [-0.05, 0) is 39.3 Å². The first-order chi connectivity index (χ1) is 7.46. The van der Waals surface area contributed by atoms with Gasteiger partial charge in [0.15, 0.2) is 0 Å². The summed E-state index contributed by atoms with van der Waals surface area (Å²) in [4.78, 5) is 0. The highest BCUT2D eigenvalue weighted by Gasteiger charge is 2.15. The summed E-state index contributed by atoms with van der Waals surface area (Å²) in [6.45, 7) is 6.21. The molecule has 0 heterocycles. The lowest BCUT2D eigenvalue weighted by molar-refractivity contribution is 0.466. The maximum atomic E-state index is 13.2. The van der Waals surface area contributed by atoms with Crippen molar-refractivity contribution in [3.05, 3.63) is 29.6 Å². The first-order valence-electron chi connectivity index (χ1n) is 5.36. The fraction of sp³-hybridized carbons (Fsp3) is 0.462. The Kier molecular flexibility index (Phi) is 3.89. The van der Waals surface area contributed by atoms with E-state index >= 15 is 0 Å². The molecule has 0 amide bonds. The number of nitrogens with zero attached hydrogens (tertiary/aromatic N) is 1. The Bertz CT molecular complexity index is 405. The zero-order valence-corrected chi connectivity index (χ0v) is 9.97. The van der Waals surface area contributed by atoms with Crippen LogP contribution in [-0.4, -0.2) is 6.54 Å². The topological polar surface area (TPSA) is 35.8 Å². The van der Waals surface area contributed by atoms with Crippen molar-refractivity contribution in [1.82, 2.24) is 0 Å². The van der Waals surface area contributed by atoms with Gasteiger partial charge in [0.05, 0.1) is 11.5 Å². The van der Waals surface area contributed by atoms with Crippen molar-refractivity contribution in [2.45, 2.75) is 27.2 Å². The molecular weight excluding hydrogens is 203 g/mol. The summed E-state index contributed by atoms with van der Waals surface area (Å²) in [5.74, 6) is -0.204. The molecule has 0 bridgehead atoms. The van der Waals surface area contributed by atoms with Crippen molar-refractivity contribution < 1.29 is 4.39 Å². The molecule has 0 aromatic heterocycles. The predicted molar refractivity (Wildman–Crippen MR) is 63.6 cm³/mol. The van der Waals surface area contributed by atoms with Crippen LogP contribution in [0.2, 0.25) is 0 Å². The third-order valence-electron chi connectivity index (χ3n) is 2.64. The number of nitriles is 1. The molecule has 0 aliphatic heterocycles. The molecular formula is C13H17FN2. The summed E-state index contributed by atoms with van der Waals surface area (Å²) in [6, 6.07) is 7.21. The molecule has 16 heavy (non-hydrogen) atoms. The van der Waals surface area contributed by atoms with Gasteiger partial charge in [0.25, 0.3) is 0 Å². The number of benzene rings is 1. The Morgan fingerprint density at radius 3 is 2.75 bits per heavy atom. The van der Waals surface area contributed by atoms with Gasteiger partial charge >= 0.3 is 0 Å². The number of hydrogen-bond acceptors (Lipinski definition) is 2. The van der Waals surface area contributed by atoms with Crippen LogP contribution in [0.4, 0.5) is 10.1 Å². The molecule has 1 rings (SSSR count). The SMILES string of the molecule is Cc1c(F)cccc1NCCC(C)(C)C#N. The first kappa shape index (κ1) is 12.5. The molecule has 86 valence electrons. The fourth-order valence-corrected chi connectivity index (χ4v) is 1.36. The van der Waals surface area contributed by atoms with Gasteiger partial charge in [-0.25, -0.2) is 4.39 Å². The van der Waals surface area contributed by atoms with Crippen molar-refractivity contribution >= 4 is 5.69 Å². The maximum absolute atomic E-state index is 13.2. The molecule has 1 N–H and O–H groups in total. The smallest absolute Gasteiger partial charge is 0.128 e. The summed E-state index contributed by atoms with van der Waals surface area (Å²) in [5.41, 5.74) is 1.08. The van der Waals surface area contributed by atoms with Crippen LogP contribution in [0.5, 0.6) is 0 Å². The minimum atomic E-state index is -0.339. The van der Waals surface area contributed by atoms with E-state index in [9.17, 15) is 4.39 Å². The monoisotopic (exact) mass is 220 g/mol. The van der Waals surface area contributed by atoms with Crippen molar-refractivity contribution in [2.24, 2.45) is 5.41 Å². The molecule has 0 radical (unpaired) electrons. The predicted octanol–water partition coefficient (Wildman–Crippen LogP) is 3.49. The normalized spacial score (nSPS) is 10.9. The second-order valence-corrected chi connectivity index (χ2v) is 4.58. The molecule has 1 aromatic rings. The molecule has 0 saturated carbocycles. The molecule has 0 aliphatic carbocycles. The van der Waals surface area contributed by atoms with Crippen LogP contribution in [-0.2, 0) is 0 Å². The van der Waals surface area contributed by atoms with E-state index in [1.165, 1.54) is 6.07 Å². The second kappa shape index (κ2) is 4.98. The van der Waals surface area contributed by atoms with Gasteiger partial charge < -0.3 is 5.32 Å². The van der Waals surface area contributed by atoms with E-state index in [1.54, 1.807) is 13.0 Å². The molecule has 0 unspecified atom stereocenters. The van der Waals surface area contributed by atoms with Crippen LogP contribution in [0.3, 0.4) is 0 Å². The van der Waals surface area contributed by atoms with Gasteiger partial charge in [0, 0.05) is 17.8 Å². The van der Waals surface area contributed by atoms with Crippen LogP contribution in [0.1, 0.15) is 25.8 Å². The van der Waals surface area contributed by atoms with E-state index in [-0.39, 0.29) is 11.2 Å². The van der Waals surface area contributed by atoms with Gasteiger partial charge in [-0.15, -0.1) is 0 Å². The lowest BCUT2D eigenvalue weighted by Gasteiger charge is -2.16. The first-order valence-corrected chi connectivity index (χ1v) is 5.36. The van der Waals surface area contributed by atoms with Crippen LogP contribution >= 0.6 is 0 Å². The zero-order valence-electron chi connectivity index (χ0n) is 9.97. The van der Waals surface area contributed by atoms with Crippen LogP contribution in [0.25, 0.3) is 0 Å². The molecule has 1 aromatic carbocycles. The van der Waals surface area contributed by atoms with Crippen molar-refractivity contribution in [3.8, 4) is 6.07 Å². The van der Waals surface area contributed by atoms with E-state index in [0.29, 0.717) is 12.1 Å². The van der Waals surface area contributed by atoms with Gasteiger partial charge in [-0.2, -0.15) is 5.26 Å². The number of anilines is 1. The molecule has 0 fully saturated rings. The minimum absolute atomic E-state index is 0.204. The molecule has 0 saturated heterocycles. The summed E-state index contributed by atoms with van der Waals surface area (Å²) >= 11 is 0. The highest BCUT2D eigenvalue weighted by Crippen LogP contribution is 2.21. The van der Waals surface area contributed by atoms with Crippen molar-refractivity contribution in [3.63, 3.8) is 0 Å². The average molecular weight is 220 g/mol. The van der Waals surface area contributed by atoms with E-state index in [0.717, 1.165) is 12.1 Å². The van der Waals surface area contributed by atoms with E-state index in [2.05, 4.69) is 11.4 Å². The van der Waals surface area contributed by atoms with Crippen LogP contribution in [0.15, 0.2) is 18.2 Å². The molecule has 0 atom stereocenters. The number of hydrogen-bond donors (Lipinski definition) is 1. The van der Waals surface area contributed by atoms with E-state index < -0.39 is 0 Å². The van der Waals surface area contributed by atoms with E-state index in [4.69, 9.17) is 5.26 Å². The summed E-state index contributed by atoms with van der Waals surface area (Å²) < 4.78 is 13.2. The van der Waals surface area contributed by atoms with Gasteiger partial charge in [-0.3, -0.25) is 0 Å². The van der Waals surface area contributed by atoms with Crippen molar-refractivity contribution in [1.29, 1.82) is 5.26 Å². The Morgan fingerprint density at radius 2 is 2.12 bits per heavy atom. The summed E-state index contributed by atoms with van der Waals surface area (Å²) in [6.07, 6.45) is 0.736. The third-order valence-corrected chi connectivity index (χ3v) is 2.64.